The van der Waals surface area contributed by atoms with E-state index in [4.69, 9.17) is 4.74 Å². The molecule has 1 N–H and O–H groups in total. The normalized spacial score (nSPS) is 12.1. The van der Waals surface area contributed by atoms with E-state index in [9.17, 15) is 4.79 Å². The number of hydrogen-bond donors (Lipinski definition) is 1. The number of hydrogen-bond acceptors (Lipinski definition) is 4. The van der Waals surface area contributed by atoms with Gasteiger partial charge in [-0.15, -0.1) is 5.10 Å². The Labute approximate surface area is 192 Å². The Kier molecular flexibility index (Phi) is 6.13. The number of ether oxygens (including phenoxy) is 1. The fourth-order valence-electron chi connectivity index (χ4n) is 3.87. The fourth-order valence-corrected chi connectivity index (χ4v) is 3.87. The second-order valence-electron chi connectivity index (χ2n) is 7.77. The first-order chi connectivity index (χ1) is 15.9. The van der Waals surface area contributed by atoms with Gasteiger partial charge in [0.1, 0.15) is 11.3 Å². The lowest BCUT2D eigenvalue weighted by Gasteiger charge is -2.08. The summed E-state index contributed by atoms with van der Waals surface area (Å²) in [4.78, 5) is 20.5. The van der Waals surface area contributed by atoms with E-state index in [1.54, 1.807) is 17.8 Å². The predicted molar refractivity (Wildman–Crippen MR) is 132 cm³/mol. The zero-order chi connectivity index (χ0) is 23.5. The average molecular weight is 442 g/mol. The van der Waals surface area contributed by atoms with Gasteiger partial charge in [0.15, 0.2) is 11.6 Å². The molecule has 0 spiro atoms. The summed E-state index contributed by atoms with van der Waals surface area (Å²) in [6, 6.07) is 8.06. The molecular weight excluding hydrogens is 414 g/mol. The molecule has 0 radical (unpaired) electrons. The van der Waals surface area contributed by atoms with Crippen molar-refractivity contribution in [3.05, 3.63) is 94.9 Å². The molecule has 0 saturated carbocycles. The Hall–Kier alpha value is -4.13. The van der Waals surface area contributed by atoms with Gasteiger partial charge in [-0.25, -0.2) is 9.50 Å². The number of H-pyrrole nitrogens is 1. The third-order valence-electron chi connectivity index (χ3n) is 5.52. The van der Waals surface area contributed by atoms with E-state index in [0.29, 0.717) is 22.7 Å². The van der Waals surface area contributed by atoms with Crippen LogP contribution in [0.1, 0.15) is 24.5 Å². The van der Waals surface area contributed by atoms with Gasteiger partial charge in [-0.1, -0.05) is 43.8 Å². The Bertz CT molecular complexity index is 1450. The van der Waals surface area contributed by atoms with Crippen LogP contribution >= 0.6 is 0 Å². The average Bonchev–Trinajstić information content (AvgIpc) is 3.40. The van der Waals surface area contributed by atoms with Crippen molar-refractivity contribution in [3.63, 3.8) is 0 Å². The number of aromatic nitrogens is 5. The second-order valence-corrected chi connectivity index (χ2v) is 7.77. The van der Waals surface area contributed by atoms with E-state index in [0.717, 1.165) is 34.4 Å². The molecule has 0 aliphatic rings. The van der Waals surface area contributed by atoms with Crippen molar-refractivity contribution in [2.75, 3.05) is 7.11 Å². The lowest BCUT2D eigenvalue weighted by molar-refractivity contribution is 0.305. The highest BCUT2D eigenvalue weighted by molar-refractivity contribution is 5.93. The molecule has 4 aromatic rings. The molecule has 1 aromatic carbocycles. The standard InChI is InChI=1S/C26H27N5O2/c1-6-9-19(33-5)13-12-18(3)22-21(20-11-8-7-10-17(20)2)16-31-23(22)26(32)28-24(29-31)25-27-14-15-30(25)4/h7-16H,3,6H2,1-2,4-5H3,(H,28,29,32)/b13-12-,19-9+. The third-order valence-corrected chi connectivity index (χ3v) is 5.52. The van der Waals surface area contributed by atoms with Gasteiger partial charge in [0.2, 0.25) is 0 Å². The molecule has 0 unspecified atom stereocenters. The van der Waals surface area contributed by atoms with Crippen LogP contribution < -0.4 is 5.56 Å². The van der Waals surface area contributed by atoms with Gasteiger partial charge >= 0.3 is 0 Å². The summed E-state index contributed by atoms with van der Waals surface area (Å²) in [5.74, 6) is 1.71. The summed E-state index contributed by atoms with van der Waals surface area (Å²) < 4.78 is 8.84. The van der Waals surface area contributed by atoms with E-state index in [-0.39, 0.29) is 5.56 Å². The summed E-state index contributed by atoms with van der Waals surface area (Å²) in [5.41, 5.74) is 4.58. The van der Waals surface area contributed by atoms with E-state index in [2.05, 4.69) is 21.6 Å². The Morgan fingerprint density at radius 3 is 2.70 bits per heavy atom. The minimum atomic E-state index is -0.261. The summed E-state index contributed by atoms with van der Waals surface area (Å²) in [6.07, 6.45) is 11.9. The maximum Gasteiger partial charge on any atom is 0.276 e. The van der Waals surface area contributed by atoms with Crippen molar-refractivity contribution in [3.8, 4) is 22.8 Å². The summed E-state index contributed by atoms with van der Waals surface area (Å²) in [7, 11) is 3.49. The maximum absolute atomic E-state index is 13.3. The summed E-state index contributed by atoms with van der Waals surface area (Å²) in [5, 5.41) is 4.68. The van der Waals surface area contributed by atoms with E-state index < -0.39 is 0 Å². The lowest BCUT2D eigenvalue weighted by atomic mass is 9.95. The quantitative estimate of drug-likeness (QED) is 0.327. The number of rotatable bonds is 7. The fraction of sp³-hybridized carbons (Fsp3) is 0.192. The molecule has 0 amide bonds. The van der Waals surface area contributed by atoms with Crippen LogP contribution in [-0.4, -0.2) is 31.3 Å². The van der Waals surface area contributed by atoms with Gasteiger partial charge in [0.25, 0.3) is 5.56 Å². The van der Waals surface area contributed by atoms with Crippen LogP contribution in [-0.2, 0) is 11.8 Å². The number of nitrogens with one attached hydrogen (secondary N) is 1. The number of fused-ring (bicyclic) bond motifs is 1. The van der Waals surface area contributed by atoms with Gasteiger partial charge in [0.05, 0.1) is 7.11 Å². The Balaban J connectivity index is 1.96. The maximum atomic E-state index is 13.3. The molecule has 7 heteroatoms. The van der Waals surface area contributed by atoms with Crippen LogP contribution in [0, 0.1) is 6.92 Å². The van der Waals surface area contributed by atoms with Crippen molar-refractivity contribution < 1.29 is 4.74 Å². The van der Waals surface area contributed by atoms with Crippen LogP contribution in [0.5, 0.6) is 0 Å². The largest absolute Gasteiger partial charge is 0.497 e. The molecule has 3 heterocycles. The molecule has 3 aromatic heterocycles. The Morgan fingerprint density at radius 1 is 1.24 bits per heavy atom. The number of methoxy groups -OCH3 is 1. The van der Waals surface area contributed by atoms with E-state index in [1.165, 1.54) is 0 Å². The second kappa shape index (κ2) is 9.16. The van der Waals surface area contributed by atoms with Crippen molar-refractivity contribution in [1.82, 2.24) is 24.1 Å². The molecule has 0 aliphatic heterocycles. The number of imidazole rings is 1. The minimum absolute atomic E-state index is 0.261. The van der Waals surface area contributed by atoms with E-state index >= 15 is 0 Å². The topological polar surface area (TPSA) is 77.2 Å². The van der Waals surface area contributed by atoms with Crippen molar-refractivity contribution in [2.45, 2.75) is 20.3 Å². The predicted octanol–water partition coefficient (Wildman–Crippen LogP) is 4.91. The summed E-state index contributed by atoms with van der Waals surface area (Å²) >= 11 is 0. The van der Waals surface area contributed by atoms with Gasteiger partial charge in [0, 0.05) is 36.8 Å². The van der Waals surface area contributed by atoms with Crippen LogP contribution in [0.3, 0.4) is 0 Å². The molecular formula is C26H27N5O2. The molecule has 0 fully saturated rings. The lowest BCUT2D eigenvalue weighted by Crippen LogP contribution is -2.15. The number of nitrogens with zero attached hydrogens (tertiary/aromatic N) is 4. The van der Waals surface area contributed by atoms with Crippen molar-refractivity contribution in [2.24, 2.45) is 7.05 Å². The first-order valence-electron chi connectivity index (χ1n) is 10.8. The molecule has 0 bridgehead atoms. The number of aromatic amines is 1. The molecule has 0 saturated heterocycles. The van der Waals surface area contributed by atoms with Crippen LogP contribution in [0.25, 0.3) is 33.9 Å². The zero-order valence-electron chi connectivity index (χ0n) is 19.3. The SMILES string of the molecule is C=C(/C=C\C(=C/CC)OC)c1c(-c2ccccc2C)cn2nc(-c3nccn3C)[nH]c(=O)c12. The molecule has 7 nitrogen and oxygen atoms in total. The minimum Gasteiger partial charge on any atom is -0.497 e. The third kappa shape index (κ3) is 4.17. The summed E-state index contributed by atoms with van der Waals surface area (Å²) in [6.45, 7) is 8.37. The van der Waals surface area contributed by atoms with Crippen molar-refractivity contribution in [1.29, 1.82) is 0 Å². The van der Waals surface area contributed by atoms with E-state index in [1.807, 2.05) is 80.3 Å². The van der Waals surface area contributed by atoms with Gasteiger partial charge in [-0.3, -0.25) is 4.79 Å². The highest BCUT2D eigenvalue weighted by Gasteiger charge is 2.20. The zero-order valence-corrected chi connectivity index (χ0v) is 19.3. The van der Waals surface area contributed by atoms with Crippen LogP contribution in [0.2, 0.25) is 0 Å². The van der Waals surface area contributed by atoms with Gasteiger partial charge < -0.3 is 14.3 Å². The first-order valence-corrected chi connectivity index (χ1v) is 10.8. The molecule has 168 valence electrons. The van der Waals surface area contributed by atoms with Gasteiger partial charge in [-0.2, -0.15) is 0 Å². The number of allylic oxidation sites excluding steroid dienone is 4. The molecule has 33 heavy (non-hydrogen) atoms. The number of aryl methyl sites for hydroxylation is 2. The Morgan fingerprint density at radius 2 is 2.03 bits per heavy atom. The van der Waals surface area contributed by atoms with Crippen LogP contribution in [0.4, 0.5) is 0 Å². The van der Waals surface area contributed by atoms with Gasteiger partial charge in [-0.05, 0) is 42.2 Å². The first kappa shape index (κ1) is 22.1. The number of benzene rings is 1. The highest BCUT2D eigenvalue weighted by atomic mass is 16.5. The van der Waals surface area contributed by atoms with Crippen molar-refractivity contribution >= 4 is 11.1 Å². The molecule has 4 rings (SSSR count). The highest BCUT2D eigenvalue weighted by Crippen LogP contribution is 2.34. The molecule has 0 aliphatic carbocycles. The molecule has 0 atom stereocenters. The monoisotopic (exact) mass is 441 g/mol. The smallest absolute Gasteiger partial charge is 0.276 e. The van der Waals surface area contributed by atoms with Crippen LogP contribution in [0.15, 0.2) is 78.2 Å².